The zero-order valence-electron chi connectivity index (χ0n) is 18.6. The number of allylic oxidation sites excluding steroid dienone is 7. The highest BCUT2D eigenvalue weighted by molar-refractivity contribution is 5.84. The molecule has 0 saturated heterocycles. The molecular formula is C26H34N2O2. The Balaban J connectivity index is 3.10. The summed E-state index contributed by atoms with van der Waals surface area (Å²) in [7, 11) is 0. The normalized spacial score (nSPS) is 14.7. The summed E-state index contributed by atoms with van der Waals surface area (Å²) in [6.45, 7) is 18.3. The van der Waals surface area contributed by atoms with Crippen LogP contribution in [0.25, 0.3) is 0 Å². The van der Waals surface area contributed by atoms with E-state index in [-0.39, 0.29) is 23.8 Å². The van der Waals surface area contributed by atoms with Crippen LogP contribution >= 0.6 is 0 Å². The second kappa shape index (κ2) is 12.4. The van der Waals surface area contributed by atoms with Gasteiger partial charge in [0.15, 0.2) is 5.60 Å². The number of carbonyl (C=O) groups excluding carboxylic acids is 1. The van der Waals surface area contributed by atoms with E-state index in [0.717, 1.165) is 17.6 Å². The molecule has 2 atom stereocenters. The van der Waals surface area contributed by atoms with E-state index in [1.807, 2.05) is 44.2 Å². The van der Waals surface area contributed by atoms with Crippen LogP contribution in [0.15, 0.2) is 96.4 Å². The minimum Gasteiger partial charge on any atom is -0.462 e. The maximum absolute atomic E-state index is 13.0. The molecule has 1 aromatic carbocycles. The number of amides is 1. The molecule has 1 rings (SSSR count). The molecule has 30 heavy (non-hydrogen) atoms. The first kappa shape index (κ1) is 24.9. The first-order valence-electron chi connectivity index (χ1n) is 10.1. The molecule has 1 amide bonds. The average Bonchev–Trinajstić information content (AvgIpc) is 2.72. The van der Waals surface area contributed by atoms with Crippen molar-refractivity contribution in [3.63, 3.8) is 0 Å². The molecular weight excluding hydrogens is 372 g/mol. The summed E-state index contributed by atoms with van der Waals surface area (Å²) in [5.74, 6) is 0.102. The van der Waals surface area contributed by atoms with Crippen molar-refractivity contribution < 1.29 is 9.53 Å². The average molecular weight is 407 g/mol. The van der Waals surface area contributed by atoms with Crippen molar-refractivity contribution in [2.75, 3.05) is 0 Å². The monoisotopic (exact) mass is 406 g/mol. The topological polar surface area (TPSA) is 50.7 Å². The molecule has 1 aromatic rings. The number of ether oxygens (including phenoxy) is 1. The Labute approximate surface area is 181 Å². The van der Waals surface area contributed by atoms with E-state index >= 15 is 0 Å². The van der Waals surface area contributed by atoms with Crippen molar-refractivity contribution in [1.82, 2.24) is 5.32 Å². The summed E-state index contributed by atoms with van der Waals surface area (Å²) < 4.78 is 5.75. The Morgan fingerprint density at radius 1 is 1.20 bits per heavy atom. The van der Waals surface area contributed by atoms with Crippen LogP contribution in [0.2, 0.25) is 0 Å². The maximum Gasteiger partial charge on any atom is 0.263 e. The summed E-state index contributed by atoms with van der Waals surface area (Å²) in [6, 6.07) is 10.1. The molecule has 4 nitrogen and oxygen atoms in total. The minimum absolute atomic E-state index is 0.0778. The van der Waals surface area contributed by atoms with E-state index in [4.69, 9.17) is 4.74 Å². The van der Waals surface area contributed by atoms with Crippen molar-refractivity contribution in [3.8, 4) is 0 Å². The molecule has 4 heteroatoms. The molecule has 160 valence electrons. The van der Waals surface area contributed by atoms with Crippen LogP contribution in [-0.4, -0.2) is 24.3 Å². The van der Waals surface area contributed by atoms with Crippen molar-refractivity contribution in [2.24, 2.45) is 4.99 Å². The molecule has 0 bridgehead atoms. The largest absolute Gasteiger partial charge is 0.462 e. The molecule has 0 heterocycles. The lowest BCUT2D eigenvalue weighted by molar-refractivity contribution is -0.139. The fourth-order valence-corrected chi connectivity index (χ4v) is 3.10. The van der Waals surface area contributed by atoms with Gasteiger partial charge in [0.25, 0.3) is 5.91 Å². The Hall–Kier alpha value is -3.14. The van der Waals surface area contributed by atoms with Gasteiger partial charge in [-0.3, -0.25) is 4.79 Å². The van der Waals surface area contributed by atoms with Gasteiger partial charge in [-0.2, -0.15) is 0 Å². The summed E-state index contributed by atoms with van der Waals surface area (Å²) in [5.41, 5.74) is 1.18. The number of rotatable bonds is 12. The highest BCUT2D eigenvalue weighted by Gasteiger charge is 2.33. The van der Waals surface area contributed by atoms with E-state index < -0.39 is 5.60 Å². The zero-order chi connectivity index (χ0) is 22.6. The van der Waals surface area contributed by atoms with Crippen LogP contribution in [0.5, 0.6) is 0 Å². The lowest BCUT2D eigenvalue weighted by Gasteiger charge is -2.31. The zero-order valence-corrected chi connectivity index (χ0v) is 18.6. The lowest BCUT2D eigenvalue weighted by Crippen LogP contribution is -2.49. The molecule has 0 saturated carbocycles. The fourth-order valence-electron chi connectivity index (χ4n) is 3.10. The van der Waals surface area contributed by atoms with Gasteiger partial charge in [-0.1, -0.05) is 73.9 Å². The van der Waals surface area contributed by atoms with Crippen LogP contribution in [0.3, 0.4) is 0 Å². The predicted molar refractivity (Wildman–Crippen MR) is 127 cm³/mol. The number of aliphatic imine (C=N–C) groups is 1. The second-order valence-electron chi connectivity index (χ2n) is 7.47. The van der Waals surface area contributed by atoms with Crippen molar-refractivity contribution in [3.05, 3.63) is 97.0 Å². The number of nitrogens with one attached hydrogen (secondary N) is 1. The smallest absolute Gasteiger partial charge is 0.263 e. The summed E-state index contributed by atoms with van der Waals surface area (Å²) in [4.78, 5) is 16.8. The molecule has 0 aromatic heterocycles. The first-order valence-corrected chi connectivity index (χ1v) is 10.1. The highest BCUT2D eigenvalue weighted by atomic mass is 16.5. The highest BCUT2D eigenvalue weighted by Crippen LogP contribution is 2.28. The van der Waals surface area contributed by atoms with Gasteiger partial charge in [-0.25, -0.2) is 4.99 Å². The Kier molecular flexibility index (Phi) is 10.3. The van der Waals surface area contributed by atoms with Gasteiger partial charge in [0, 0.05) is 12.0 Å². The van der Waals surface area contributed by atoms with E-state index in [1.165, 1.54) is 0 Å². The second-order valence-corrected chi connectivity index (χ2v) is 7.47. The van der Waals surface area contributed by atoms with E-state index in [1.54, 1.807) is 32.1 Å². The summed E-state index contributed by atoms with van der Waals surface area (Å²) >= 11 is 0. The number of nitrogens with zero attached hydrogens (tertiary/aromatic N) is 1. The van der Waals surface area contributed by atoms with E-state index in [2.05, 4.69) is 48.4 Å². The lowest BCUT2D eigenvalue weighted by atomic mass is 9.85. The molecule has 0 aliphatic carbocycles. The van der Waals surface area contributed by atoms with Gasteiger partial charge >= 0.3 is 0 Å². The SMILES string of the molecule is C=C/C=C(\C=C/C)CC(c1ccccc1)C(C)NC(=O)C(C)(C)O/C(=C/C=C)N=C. The molecule has 0 aliphatic rings. The van der Waals surface area contributed by atoms with Crippen LogP contribution in [0.4, 0.5) is 0 Å². The van der Waals surface area contributed by atoms with Crippen molar-refractivity contribution >= 4 is 12.6 Å². The molecule has 0 fully saturated rings. The van der Waals surface area contributed by atoms with Crippen molar-refractivity contribution in [1.29, 1.82) is 0 Å². The molecule has 0 radical (unpaired) electrons. The number of carbonyl (C=O) groups is 1. The van der Waals surface area contributed by atoms with E-state index in [9.17, 15) is 4.79 Å². The molecule has 1 N–H and O–H groups in total. The Bertz CT molecular complexity index is 817. The van der Waals surface area contributed by atoms with Gasteiger partial charge < -0.3 is 10.1 Å². The van der Waals surface area contributed by atoms with Gasteiger partial charge in [-0.15, -0.1) is 0 Å². The quantitative estimate of drug-likeness (QED) is 0.268. The third kappa shape index (κ3) is 7.70. The van der Waals surface area contributed by atoms with Gasteiger partial charge in [0.1, 0.15) is 0 Å². The van der Waals surface area contributed by atoms with Crippen molar-refractivity contribution in [2.45, 2.75) is 51.7 Å². The number of hydrogen-bond acceptors (Lipinski definition) is 3. The number of hydrogen-bond donors (Lipinski definition) is 1. The maximum atomic E-state index is 13.0. The van der Waals surface area contributed by atoms with Gasteiger partial charge in [0.2, 0.25) is 5.88 Å². The Morgan fingerprint density at radius 3 is 2.37 bits per heavy atom. The molecule has 0 aliphatic heterocycles. The Morgan fingerprint density at radius 2 is 1.83 bits per heavy atom. The fraction of sp³-hybridized carbons (Fsp3) is 0.308. The van der Waals surface area contributed by atoms with Gasteiger partial charge in [0.05, 0.1) is 0 Å². The predicted octanol–water partition coefficient (Wildman–Crippen LogP) is 5.88. The van der Waals surface area contributed by atoms with E-state index in [0.29, 0.717) is 0 Å². The van der Waals surface area contributed by atoms with Crippen LogP contribution in [0, 0.1) is 0 Å². The minimum atomic E-state index is -1.12. The molecule has 0 spiro atoms. The van der Waals surface area contributed by atoms with Gasteiger partial charge in [-0.05, 0) is 58.0 Å². The molecule has 2 unspecified atom stereocenters. The first-order chi connectivity index (χ1) is 14.3. The third-order valence-corrected chi connectivity index (χ3v) is 4.68. The standard InChI is InChI=1S/C26H34N2O2/c1-8-14-21(15-9-2)19-23(22-17-12-11-13-18-22)20(4)28-25(29)26(5,6)30-24(27-7)16-10-3/h8-18,20,23H,1,3,7,19H2,2,4-6H3,(H,28,29)/b15-9-,21-14+,24-16+. The third-order valence-electron chi connectivity index (χ3n) is 4.68. The summed E-state index contributed by atoms with van der Waals surface area (Å²) in [5, 5.41) is 3.12. The van der Waals surface area contributed by atoms with Crippen LogP contribution in [-0.2, 0) is 9.53 Å². The van der Waals surface area contributed by atoms with Crippen LogP contribution in [0.1, 0.15) is 45.6 Å². The number of benzene rings is 1. The van der Waals surface area contributed by atoms with Crippen LogP contribution < -0.4 is 5.32 Å². The summed E-state index contributed by atoms with van der Waals surface area (Å²) in [6.07, 6.45) is 11.7.